The molecule has 1 atom stereocenters. The molecule has 1 aliphatic carbocycles. The van der Waals surface area contributed by atoms with Gasteiger partial charge in [-0.05, 0) is 49.1 Å². The largest absolute Gasteiger partial charge is 0.382 e. The first kappa shape index (κ1) is 19.9. The molecule has 0 amide bonds. The maximum atomic E-state index is 6.38. The van der Waals surface area contributed by atoms with Crippen molar-refractivity contribution in [2.24, 2.45) is 0 Å². The van der Waals surface area contributed by atoms with Crippen LogP contribution in [0, 0.1) is 0 Å². The van der Waals surface area contributed by atoms with E-state index in [0.29, 0.717) is 11.7 Å². The molecule has 1 aliphatic heterocycles. The fourth-order valence-corrected chi connectivity index (χ4v) is 5.00. The maximum Gasteiger partial charge on any atom is 0.151 e. The number of benzene rings is 1. The van der Waals surface area contributed by atoms with Crippen molar-refractivity contribution in [3.63, 3.8) is 0 Å². The Labute approximate surface area is 192 Å². The predicted molar refractivity (Wildman–Crippen MR) is 132 cm³/mol. The van der Waals surface area contributed by atoms with E-state index in [-0.39, 0.29) is 0 Å². The van der Waals surface area contributed by atoms with E-state index in [1.54, 1.807) is 6.33 Å². The molecule has 1 fully saturated rings. The standard InChI is InChI=1S/C26H27N7/c27-26-25-22(13-24(33(25)30-17-29-26)20-10-5-11-28-14-20)19-8-4-9-21-16-32(31-23(21)12-19)15-18-6-2-1-3-7-18/h1-4,6-7,9,12-13,16-17,20,28H,5,8,10-11,14-15H2,(H2,27,29,30). The first-order valence-corrected chi connectivity index (χ1v) is 11.6. The van der Waals surface area contributed by atoms with Crippen LogP contribution >= 0.6 is 0 Å². The summed E-state index contributed by atoms with van der Waals surface area (Å²) in [5.74, 6) is 0.927. The van der Waals surface area contributed by atoms with Crippen molar-refractivity contribution in [1.29, 1.82) is 0 Å². The van der Waals surface area contributed by atoms with E-state index < -0.39 is 0 Å². The molecule has 0 radical (unpaired) electrons. The molecule has 166 valence electrons. The molecule has 7 nitrogen and oxygen atoms in total. The van der Waals surface area contributed by atoms with Gasteiger partial charge in [0.2, 0.25) is 0 Å². The molecule has 33 heavy (non-hydrogen) atoms. The molecule has 0 bridgehead atoms. The zero-order valence-electron chi connectivity index (χ0n) is 18.5. The zero-order chi connectivity index (χ0) is 22.2. The molecule has 0 saturated carbocycles. The van der Waals surface area contributed by atoms with Crippen LogP contribution in [-0.2, 0) is 6.54 Å². The summed E-state index contributed by atoms with van der Waals surface area (Å²) in [5, 5.41) is 13.0. The summed E-state index contributed by atoms with van der Waals surface area (Å²) >= 11 is 0. The van der Waals surface area contributed by atoms with Crippen LogP contribution in [0.2, 0.25) is 0 Å². The number of hydrogen-bond donors (Lipinski definition) is 2. The first-order chi connectivity index (χ1) is 16.3. The van der Waals surface area contributed by atoms with Gasteiger partial charge in [0, 0.05) is 35.5 Å². The summed E-state index contributed by atoms with van der Waals surface area (Å²) in [4.78, 5) is 4.31. The number of rotatable bonds is 4. The summed E-state index contributed by atoms with van der Waals surface area (Å²) in [5.41, 5.74) is 14.1. The minimum absolute atomic E-state index is 0.414. The van der Waals surface area contributed by atoms with E-state index >= 15 is 0 Å². The smallest absolute Gasteiger partial charge is 0.151 e. The van der Waals surface area contributed by atoms with Crippen molar-refractivity contribution < 1.29 is 0 Å². The Bertz CT molecular complexity index is 1350. The zero-order valence-corrected chi connectivity index (χ0v) is 18.5. The highest BCUT2D eigenvalue weighted by atomic mass is 15.3. The van der Waals surface area contributed by atoms with Crippen molar-refractivity contribution in [3.05, 3.63) is 83.1 Å². The number of piperidine rings is 1. The van der Waals surface area contributed by atoms with Crippen LogP contribution in [0.15, 0.2) is 55.0 Å². The molecule has 2 aliphatic rings. The fourth-order valence-electron chi connectivity index (χ4n) is 5.00. The van der Waals surface area contributed by atoms with Gasteiger partial charge in [-0.3, -0.25) is 4.68 Å². The van der Waals surface area contributed by atoms with Crippen LogP contribution in [0.1, 0.15) is 53.3 Å². The van der Waals surface area contributed by atoms with Crippen molar-refractivity contribution in [2.45, 2.75) is 31.7 Å². The molecule has 3 aromatic heterocycles. The molecular weight excluding hydrogens is 410 g/mol. The Hall–Kier alpha value is -3.71. The summed E-state index contributed by atoms with van der Waals surface area (Å²) < 4.78 is 4.01. The van der Waals surface area contributed by atoms with Crippen molar-refractivity contribution in [3.8, 4) is 0 Å². The lowest BCUT2D eigenvalue weighted by molar-refractivity contribution is 0.449. The van der Waals surface area contributed by atoms with Crippen LogP contribution in [0.5, 0.6) is 0 Å². The second kappa shape index (κ2) is 8.33. The van der Waals surface area contributed by atoms with Crippen LogP contribution in [0.25, 0.3) is 23.2 Å². The average Bonchev–Trinajstić information content (AvgIpc) is 3.36. The number of aromatic nitrogens is 5. The van der Waals surface area contributed by atoms with E-state index in [4.69, 9.17) is 10.8 Å². The van der Waals surface area contributed by atoms with Crippen molar-refractivity contribution in [2.75, 3.05) is 18.8 Å². The van der Waals surface area contributed by atoms with Crippen molar-refractivity contribution >= 4 is 29.1 Å². The monoisotopic (exact) mass is 437 g/mol. The Morgan fingerprint density at radius 2 is 2.09 bits per heavy atom. The SMILES string of the molecule is Nc1ncnn2c(C3CCCNC3)cc(C3=Cc4nn(Cc5ccccc5)cc4C=CC3)c12. The second-order valence-corrected chi connectivity index (χ2v) is 8.86. The molecule has 1 aromatic carbocycles. The lowest BCUT2D eigenvalue weighted by Crippen LogP contribution is -2.29. The Kier molecular flexibility index (Phi) is 5.03. The second-order valence-electron chi connectivity index (χ2n) is 8.86. The normalized spacial score (nSPS) is 18.2. The fraction of sp³-hybridized carbons (Fsp3) is 0.269. The van der Waals surface area contributed by atoms with E-state index in [1.807, 2.05) is 15.3 Å². The van der Waals surface area contributed by atoms with Crippen LogP contribution in [0.3, 0.4) is 0 Å². The molecule has 4 aromatic rings. The van der Waals surface area contributed by atoms with Gasteiger partial charge < -0.3 is 11.1 Å². The number of hydrogen-bond acceptors (Lipinski definition) is 5. The van der Waals surface area contributed by atoms with Crippen molar-refractivity contribution in [1.82, 2.24) is 29.7 Å². The van der Waals surface area contributed by atoms with Crippen LogP contribution < -0.4 is 11.1 Å². The van der Waals surface area contributed by atoms with Gasteiger partial charge in [-0.25, -0.2) is 9.50 Å². The molecule has 0 spiro atoms. The lowest BCUT2D eigenvalue weighted by atomic mass is 9.95. The molecule has 6 rings (SSSR count). The third-order valence-electron chi connectivity index (χ3n) is 6.62. The van der Waals surface area contributed by atoms with Gasteiger partial charge in [-0.15, -0.1) is 0 Å². The van der Waals surface area contributed by atoms with E-state index in [9.17, 15) is 0 Å². The quantitative estimate of drug-likeness (QED) is 0.504. The number of anilines is 1. The van der Waals surface area contributed by atoms with Gasteiger partial charge >= 0.3 is 0 Å². The molecule has 3 N–H and O–H groups in total. The number of allylic oxidation sites excluding steroid dienone is 2. The number of nitrogen functional groups attached to an aromatic ring is 1. The number of nitrogens with two attached hydrogens (primary N) is 1. The Morgan fingerprint density at radius 3 is 2.94 bits per heavy atom. The molecular formula is C26H27N7. The summed E-state index contributed by atoms with van der Waals surface area (Å²) in [6.07, 6.45) is 13.4. The molecule has 4 heterocycles. The maximum absolute atomic E-state index is 6.38. The minimum atomic E-state index is 0.414. The van der Waals surface area contributed by atoms with Gasteiger partial charge in [0.05, 0.1) is 12.2 Å². The van der Waals surface area contributed by atoms with Gasteiger partial charge in [0.1, 0.15) is 11.8 Å². The highest BCUT2D eigenvalue weighted by Crippen LogP contribution is 2.36. The topological polar surface area (TPSA) is 86.1 Å². The van der Waals surface area contributed by atoms with Crippen LogP contribution in [-0.4, -0.2) is 37.5 Å². The minimum Gasteiger partial charge on any atom is -0.382 e. The molecule has 1 unspecified atom stereocenters. The summed E-state index contributed by atoms with van der Waals surface area (Å²) in [6, 6.07) is 12.7. The van der Waals surface area contributed by atoms with Gasteiger partial charge in [0.15, 0.2) is 5.82 Å². The highest BCUT2D eigenvalue weighted by Gasteiger charge is 2.24. The number of fused-ring (bicyclic) bond motifs is 2. The third kappa shape index (κ3) is 3.74. The first-order valence-electron chi connectivity index (χ1n) is 11.6. The van der Waals surface area contributed by atoms with E-state index in [0.717, 1.165) is 54.8 Å². The highest BCUT2D eigenvalue weighted by molar-refractivity contribution is 5.94. The van der Waals surface area contributed by atoms with Gasteiger partial charge in [-0.1, -0.05) is 42.5 Å². The lowest BCUT2D eigenvalue weighted by Gasteiger charge is -2.22. The van der Waals surface area contributed by atoms with Gasteiger partial charge in [0.25, 0.3) is 0 Å². The van der Waals surface area contributed by atoms with E-state index in [2.05, 4.69) is 70.2 Å². The third-order valence-corrected chi connectivity index (χ3v) is 6.62. The predicted octanol–water partition coefficient (Wildman–Crippen LogP) is 3.98. The molecule has 1 saturated heterocycles. The average molecular weight is 438 g/mol. The van der Waals surface area contributed by atoms with Crippen LogP contribution in [0.4, 0.5) is 5.82 Å². The van der Waals surface area contributed by atoms with E-state index in [1.165, 1.54) is 23.3 Å². The summed E-state index contributed by atoms with van der Waals surface area (Å²) in [6.45, 7) is 2.79. The molecule has 7 heteroatoms. The Morgan fingerprint density at radius 1 is 1.18 bits per heavy atom. The Balaban J connectivity index is 1.42. The van der Waals surface area contributed by atoms with Gasteiger partial charge in [-0.2, -0.15) is 10.2 Å². The summed E-state index contributed by atoms with van der Waals surface area (Å²) in [7, 11) is 0. The number of nitrogens with zero attached hydrogens (tertiary/aromatic N) is 5. The number of nitrogens with one attached hydrogen (secondary N) is 1.